The second-order valence-electron chi connectivity index (χ2n) is 5.45. The molecule has 0 bridgehead atoms. The van der Waals surface area contributed by atoms with Crippen LogP contribution in [0.2, 0.25) is 0 Å². The van der Waals surface area contributed by atoms with Crippen LogP contribution in [0.3, 0.4) is 0 Å². The van der Waals surface area contributed by atoms with Crippen molar-refractivity contribution in [2.24, 2.45) is 0 Å². The molecule has 6 nitrogen and oxygen atoms in total. The third kappa shape index (κ3) is 4.10. The van der Waals surface area contributed by atoms with E-state index in [9.17, 15) is 4.79 Å². The predicted molar refractivity (Wildman–Crippen MR) is 109 cm³/mol. The number of thiazole rings is 1. The molecule has 0 aliphatic rings. The van der Waals surface area contributed by atoms with E-state index in [-0.39, 0.29) is 5.91 Å². The van der Waals surface area contributed by atoms with E-state index in [0.717, 1.165) is 16.3 Å². The van der Waals surface area contributed by atoms with Crippen molar-refractivity contribution in [3.05, 3.63) is 58.9 Å². The molecule has 0 saturated carbocycles. The third-order valence-corrected chi connectivity index (χ3v) is 6.13. The molecule has 0 N–H and O–H groups in total. The summed E-state index contributed by atoms with van der Waals surface area (Å²) >= 11 is 4.42. The minimum atomic E-state index is -0.0766. The SMILES string of the molecule is CC(=O)N(c1ccccc1)c1nc(CSc2nnc(-c3cccs3)o2)cs1. The topological polar surface area (TPSA) is 72.1 Å². The van der Waals surface area contributed by atoms with E-state index in [1.165, 1.54) is 30.0 Å². The lowest BCUT2D eigenvalue weighted by Crippen LogP contribution is -2.22. The van der Waals surface area contributed by atoms with Gasteiger partial charge in [-0.15, -0.1) is 32.9 Å². The van der Waals surface area contributed by atoms with Gasteiger partial charge in [0.15, 0.2) is 5.13 Å². The van der Waals surface area contributed by atoms with E-state index in [0.29, 0.717) is 22.0 Å². The summed E-state index contributed by atoms with van der Waals surface area (Å²) in [6.45, 7) is 1.54. The molecule has 0 radical (unpaired) electrons. The Labute approximate surface area is 167 Å². The zero-order chi connectivity index (χ0) is 18.6. The molecular formula is C18H14N4O2S3. The number of anilines is 2. The number of aromatic nitrogens is 3. The summed E-state index contributed by atoms with van der Waals surface area (Å²) in [7, 11) is 0. The van der Waals surface area contributed by atoms with Crippen LogP contribution in [0.25, 0.3) is 10.8 Å². The molecule has 27 heavy (non-hydrogen) atoms. The van der Waals surface area contributed by atoms with Crippen LogP contribution in [-0.2, 0) is 10.5 Å². The molecule has 0 aliphatic carbocycles. The molecular weight excluding hydrogens is 400 g/mol. The van der Waals surface area contributed by atoms with Crippen molar-refractivity contribution in [2.75, 3.05) is 4.90 Å². The monoisotopic (exact) mass is 414 g/mol. The summed E-state index contributed by atoms with van der Waals surface area (Å²) in [5, 5.41) is 13.2. The zero-order valence-electron chi connectivity index (χ0n) is 14.2. The average Bonchev–Trinajstić information content (AvgIpc) is 3.42. The molecule has 1 aromatic carbocycles. The Balaban J connectivity index is 1.46. The van der Waals surface area contributed by atoms with Crippen LogP contribution in [-0.4, -0.2) is 21.1 Å². The molecule has 9 heteroatoms. The average molecular weight is 415 g/mol. The molecule has 4 rings (SSSR count). The summed E-state index contributed by atoms with van der Waals surface area (Å²) in [6.07, 6.45) is 0. The Morgan fingerprint density at radius 3 is 2.74 bits per heavy atom. The van der Waals surface area contributed by atoms with Crippen molar-refractivity contribution in [2.45, 2.75) is 17.9 Å². The first kappa shape index (κ1) is 17.9. The number of thioether (sulfide) groups is 1. The van der Waals surface area contributed by atoms with Gasteiger partial charge in [-0.3, -0.25) is 9.69 Å². The van der Waals surface area contributed by atoms with Crippen molar-refractivity contribution in [3.63, 3.8) is 0 Å². The van der Waals surface area contributed by atoms with Crippen LogP contribution in [0.1, 0.15) is 12.6 Å². The molecule has 1 amide bonds. The Morgan fingerprint density at radius 1 is 1.15 bits per heavy atom. The fourth-order valence-corrected chi connectivity index (χ4v) is 4.67. The van der Waals surface area contributed by atoms with Gasteiger partial charge < -0.3 is 4.42 Å². The van der Waals surface area contributed by atoms with Gasteiger partial charge in [-0.05, 0) is 23.6 Å². The molecule has 0 fully saturated rings. The summed E-state index contributed by atoms with van der Waals surface area (Å²) in [5.74, 6) is 1.04. The lowest BCUT2D eigenvalue weighted by molar-refractivity contribution is -0.115. The quantitative estimate of drug-likeness (QED) is 0.402. The number of benzene rings is 1. The van der Waals surface area contributed by atoms with Gasteiger partial charge in [0.25, 0.3) is 11.1 Å². The van der Waals surface area contributed by atoms with E-state index in [1.807, 2.05) is 53.2 Å². The number of amides is 1. The van der Waals surface area contributed by atoms with Gasteiger partial charge in [0.1, 0.15) is 0 Å². The van der Waals surface area contributed by atoms with Crippen molar-refractivity contribution in [1.29, 1.82) is 0 Å². The van der Waals surface area contributed by atoms with E-state index < -0.39 is 0 Å². The summed E-state index contributed by atoms with van der Waals surface area (Å²) in [4.78, 5) is 19.3. The van der Waals surface area contributed by atoms with Crippen LogP contribution >= 0.6 is 34.4 Å². The van der Waals surface area contributed by atoms with E-state index >= 15 is 0 Å². The zero-order valence-corrected chi connectivity index (χ0v) is 16.7. The van der Waals surface area contributed by atoms with Gasteiger partial charge in [-0.1, -0.05) is 36.0 Å². The van der Waals surface area contributed by atoms with E-state index in [1.54, 1.807) is 16.2 Å². The number of hydrogen-bond donors (Lipinski definition) is 0. The van der Waals surface area contributed by atoms with E-state index in [4.69, 9.17) is 4.42 Å². The van der Waals surface area contributed by atoms with Crippen molar-refractivity contribution >= 4 is 51.2 Å². The first-order valence-corrected chi connectivity index (χ1v) is 10.8. The van der Waals surface area contributed by atoms with Gasteiger partial charge in [-0.2, -0.15) is 0 Å². The highest BCUT2D eigenvalue weighted by molar-refractivity contribution is 7.98. The lowest BCUT2D eigenvalue weighted by Gasteiger charge is -2.17. The van der Waals surface area contributed by atoms with Gasteiger partial charge in [0.2, 0.25) is 5.91 Å². The smallest absolute Gasteiger partial charge is 0.277 e. The van der Waals surface area contributed by atoms with Crippen LogP contribution in [0.15, 0.2) is 62.9 Å². The number of carbonyl (C=O) groups is 1. The number of carbonyl (C=O) groups excluding carboxylic acids is 1. The van der Waals surface area contributed by atoms with Crippen LogP contribution in [0, 0.1) is 0 Å². The summed E-state index contributed by atoms with van der Waals surface area (Å²) in [5.41, 5.74) is 1.66. The fourth-order valence-electron chi connectivity index (χ4n) is 2.37. The molecule has 0 aliphatic heterocycles. The molecule has 3 heterocycles. The third-order valence-electron chi connectivity index (χ3n) is 3.54. The molecule has 0 saturated heterocycles. The van der Waals surface area contributed by atoms with Gasteiger partial charge in [0, 0.05) is 18.1 Å². The number of rotatable bonds is 6. The second-order valence-corrected chi connectivity index (χ2v) is 8.16. The summed E-state index contributed by atoms with van der Waals surface area (Å²) in [6, 6.07) is 13.4. The fraction of sp³-hybridized carbons (Fsp3) is 0.111. The number of thiophene rings is 1. The molecule has 0 spiro atoms. The van der Waals surface area contributed by atoms with Gasteiger partial charge >= 0.3 is 0 Å². The number of nitrogens with zero attached hydrogens (tertiary/aromatic N) is 4. The molecule has 3 aromatic heterocycles. The maximum absolute atomic E-state index is 12.1. The molecule has 0 unspecified atom stereocenters. The maximum Gasteiger partial charge on any atom is 0.277 e. The summed E-state index contributed by atoms with van der Waals surface area (Å²) < 4.78 is 5.67. The van der Waals surface area contributed by atoms with Crippen molar-refractivity contribution in [3.8, 4) is 10.8 Å². The Hall–Kier alpha value is -2.49. The second kappa shape index (κ2) is 8.03. The highest BCUT2D eigenvalue weighted by Gasteiger charge is 2.18. The van der Waals surface area contributed by atoms with Crippen LogP contribution in [0.4, 0.5) is 10.8 Å². The minimum Gasteiger partial charge on any atom is -0.410 e. The van der Waals surface area contributed by atoms with Crippen LogP contribution in [0.5, 0.6) is 0 Å². The largest absolute Gasteiger partial charge is 0.410 e. The Kier molecular flexibility index (Phi) is 5.33. The Morgan fingerprint density at radius 2 is 2.00 bits per heavy atom. The Bertz CT molecular complexity index is 1030. The normalized spacial score (nSPS) is 10.9. The van der Waals surface area contributed by atoms with Gasteiger partial charge in [0.05, 0.1) is 16.3 Å². The molecule has 4 aromatic rings. The highest BCUT2D eigenvalue weighted by atomic mass is 32.2. The lowest BCUT2D eigenvalue weighted by atomic mass is 10.3. The van der Waals surface area contributed by atoms with Crippen LogP contribution < -0.4 is 4.90 Å². The number of hydrogen-bond acceptors (Lipinski definition) is 8. The highest BCUT2D eigenvalue weighted by Crippen LogP contribution is 2.32. The minimum absolute atomic E-state index is 0.0766. The first-order chi connectivity index (χ1) is 13.2. The molecule has 0 atom stereocenters. The molecule has 136 valence electrons. The van der Waals surface area contributed by atoms with Gasteiger partial charge in [-0.25, -0.2) is 4.98 Å². The van der Waals surface area contributed by atoms with Crippen molar-refractivity contribution in [1.82, 2.24) is 15.2 Å². The first-order valence-electron chi connectivity index (χ1n) is 8.01. The van der Waals surface area contributed by atoms with E-state index in [2.05, 4.69) is 15.2 Å². The van der Waals surface area contributed by atoms with Crippen molar-refractivity contribution < 1.29 is 9.21 Å². The standard InChI is InChI=1S/C18H14N4O2S3/c1-12(23)22(14-6-3-2-4-7-14)17-19-13(10-26-17)11-27-18-21-20-16(24-18)15-8-5-9-25-15/h2-10H,11H2,1H3. The number of para-hydroxylation sites is 1. The predicted octanol–water partition coefficient (Wildman–Crippen LogP) is 5.23. The maximum atomic E-state index is 12.1.